The first-order valence-electron chi connectivity index (χ1n) is 7.25. The number of carbonyl (C=O) groups is 2. The summed E-state index contributed by atoms with van der Waals surface area (Å²) in [4.78, 5) is 40.0. The van der Waals surface area contributed by atoms with E-state index in [1.165, 1.54) is 31.2 Å². The standard InChI is InChI=1S/C17H13NO7/c1-7(16(21)22)13-10(17(23)24-2)6-11-14(20)9-5-8(19)3-4-12(9)25-15(11)18-13/h3-7,19H,1-2H3,(H,21,22). The second-order valence-corrected chi connectivity index (χ2v) is 5.44. The van der Waals surface area contributed by atoms with E-state index in [-0.39, 0.29) is 39.1 Å². The Bertz CT molecular complexity index is 1080. The molecule has 0 spiro atoms. The normalized spacial score (nSPS) is 12.2. The van der Waals surface area contributed by atoms with Crippen molar-refractivity contribution in [1.29, 1.82) is 0 Å². The molecular weight excluding hydrogens is 330 g/mol. The van der Waals surface area contributed by atoms with E-state index in [4.69, 9.17) is 4.42 Å². The summed E-state index contributed by atoms with van der Waals surface area (Å²) >= 11 is 0. The third-order valence-electron chi connectivity index (χ3n) is 3.86. The number of carboxylic acid groups (broad SMARTS) is 1. The molecule has 128 valence electrons. The van der Waals surface area contributed by atoms with Crippen LogP contribution in [0.4, 0.5) is 0 Å². The van der Waals surface area contributed by atoms with Crippen molar-refractivity contribution in [3.63, 3.8) is 0 Å². The number of rotatable bonds is 3. The van der Waals surface area contributed by atoms with Crippen LogP contribution in [-0.4, -0.2) is 34.2 Å². The van der Waals surface area contributed by atoms with Gasteiger partial charge < -0.3 is 19.4 Å². The van der Waals surface area contributed by atoms with Gasteiger partial charge in [0.2, 0.25) is 11.1 Å². The number of benzene rings is 1. The summed E-state index contributed by atoms with van der Waals surface area (Å²) in [5, 5.41) is 18.9. The average Bonchev–Trinajstić information content (AvgIpc) is 2.60. The minimum absolute atomic E-state index is 0.0140. The predicted octanol–water partition coefficient (Wildman–Crippen LogP) is 2.02. The minimum Gasteiger partial charge on any atom is -0.508 e. The van der Waals surface area contributed by atoms with Crippen molar-refractivity contribution in [2.45, 2.75) is 12.8 Å². The molecule has 0 saturated heterocycles. The van der Waals surface area contributed by atoms with Gasteiger partial charge in [-0.05, 0) is 31.2 Å². The molecule has 8 nitrogen and oxygen atoms in total. The molecule has 8 heteroatoms. The van der Waals surface area contributed by atoms with Gasteiger partial charge in [0.1, 0.15) is 11.3 Å². The molecule has 0 aliphatic carbocycles. The van der Waals surface area contributed by atoms with E-state index in [2.05, 4.69) is 9.72 Å². The Morgan fingerprint density at radius 2 is 1.96 bits per heavy atom. The summed E-state index contributed by atoms with van der Waals surface area (Å²) < 4.78 is 10.2. The van der Waals surface area contributed by atoms with E-state index in [9.17, 15) is 24.6 Å². The van der Waals surface area contributed by atoms with Gasteiger partial charge in [-0.1, -0.05) is 0 Å². The average molecular weight is 343 g/mol. The van der Waals surface area contributed by atoms with E-state index in [1.54, 1.807) is 0 Å². The number of phenols is 1. The Morgan fingerprint density at radius 1 is 1.24 bits per heavy atom. The zero-order valence-corrected chi connectivity index (χ0v) is 13.3. The number of carboxylic acids is 1. The lowest BCUT2D eigenvalue weighted by atomic mass is 10.0. The molecule has 0 radical (unpaired) electrons. The van der Waals surface area contributed by atoms with Crippen LogP contribution in [0.25, 0.3) is 22.1 Å². The summed E-state index contributed by atoms with van der Waals surface area (Å²) in [6.07, 6.45) is 0. The molecule has 3 aromatic rings. The van der Waals surface area contributed by atoms with Crippen LogP contribution in [0.5, 0.6) is 5.75 Å². The maximum absolute atomic E-state index is 12.6. The van der Waals surface area contributed by atoms with E-state index < -0.39 is 23.3 Å². The molecule has 3 rings (SSSR count). The molecular formula is C17H13NO7. The van der Waals surface area contributed by atoms with Gasteiger partial charge in [0, 0.05) is 0 Å². The monoisotopic (exact) mass is 343 g/mol. The van der Waals surface area contributed by atoms with E-state index in [0.717, 1.165) is 7.11 Å². The lowest BCUT2D eigenvalue weighted by Crippen LogP contribution is -2.17. The SMILES string of the molecule is COC(=O)c1cc2c(=O)c3cc(O)ccc3oc2nc1C(C)C(=O)O. The summed E-state index contributed by atoms with van der Waals surface area (Å²) in [5.74, 6) is -3.23. The highest BCUT2D eigenvalue weighted by Gasteiger charge is 2.26. The van der Waals surface area contributed by atoms with Crippen LogP contribution in [-0.2, 0) is 9.53 Å². The second-order valence-electron chi connectivity index (χ2n) is 5.44. The zero-order chi connectivity index (χ0) is 18.3. The molecule has 2 aromatic heterocycles. The zero-order valence-electron chi connectivity index (χ0n) is 13.3. The van der Waals surface area contributed by atoms with Crippen LogP contribution in [0.15, 0.2) is 33.5 Å². The van der Waals surface area contributed by atoms with Gasteiger partial charge in [-0.3, -0.25) is 9.59 Å². The van der Waals surface area contributed by atoms with Crippen LogP contribution >= 0.6 is 0 Å². The maximum atomic E-state index is 12.6. The molecule has 2 N–H and O–H groups in total. The maximum Gasteiger partial charge on any atom is 0.339 e. The van der Waals surface area contributed by atoms with Gasteiger partial charge in [-0.15, -0.1) is 0 Å². The molecule has 2 heterocycles. The van der Waals surface area contributed by atoms with Crippen LogP contribution in [0, 0.1) is 0 Å². The molecule has 0 aliphatic heterocycles. The van der Waals surface area contributed by atoms with Gasteiger partial charge in [0.25, 0.3) is 0 Å². The first-order valence-corrected chi connectivity index (χ1v) is 7.25. The molecule has 0 bridgehead atoms. The summed E-state index contributed by atoms with van der Waals surface area (Å²) in [6, 6.07) is 5.20. The second kappa shape index (κ2) is 5.90. The smallest absolute Gasteiger partial charge is 0.339 e. The Hall–Kier alpha value is -3.42. The highest BCUT2D eigenvalue weighted by Crippen LogP contribution is 2.26. The first kappa shape index (κ1) is 16.4. The Morgan fingerprint density at radius 3 is 2.60 bits per heavy atom. The number of aromatic nitrogens is 1. The number of pyridine rings is 1. The largest absolute Gasteiger partial charge is 0.508 e. The number of hydrogen-bond acceptors (Lipinski definition) is 7. The number of phenolic OH excluding ortho intramolecular Hbond substituents is 1. The Balaban J connectivity index is 2.43. The molecule has 1 unspecified atom stereocenters. The number of esters is 1. The van der Waals surface area contributed by atoms with Crippen molar-refractivity contribution in [2.75, 3.05) is 7.11 Å². The van der Waals surface area contributed by atoms with Gasteiger partial charge in [0.05, 0.1) is 35.1 Å². The van der Waals surface area contributed by atoms with Crippen molar-refractivity contribution in [2.24, 2.45) is 0 Å². The topological polar surface area (TPSA) is 127 Å². The molecule has 1 aromatic carbocycles. The van der Waals surface area contributed by atoms with E-state index in [0.29, 0.717) is 0 Å². The van der Waals surface area contributed by atoms with Crippen LogP contribution in [0.2, 0.25) is 0 Å². The molecule has 0 amide bonds. The minimum atomic E-state index is -1.19. The van der Waals surface area contributed by atoms with Gasteiger partial charge in [-0.2, -0.15) is 0 Å². The molecule has 1 atom stereocenters. The van der Waals surface area contributed by atoms with Gasteiger partial charge in [0.15, 0.2) is 0 Å². The highest BCUT2D eigenvalue weighted by atomic mass is 16.5. The number of methoxy groups -OCH3 is 1. The number of fused-ring (bicyclic) bond motifs is 2. The van der Waals surface area contributed by atoms with Crippen molar-refractivity contribution in [3.8, 4) is 5.75 Å². The Labute approximate surface area is 140 Å². The van der Waals surface area contributed by atoms with Crippen LogP contribution < -0.4 is 5.43 Å². The lowest BCUT2D eigenvalue weighted by molar-refractivity contribution is -0.138. The third-order valence-corrected chi connectivity index (χ3v) is 3.86. The first-order chi connectivity index (χ1) is 11.8. The predicted molar refractivity (Wildman–Crippen MR) is 86.8 cm³/mol. The fourth-order valence-corrected chi connectivity index (χ4v) is 2.50. The summed E-state index contributed by atoms with van der Waals surface area (Å²) in [7, 11) is 1.14. The molecule has 25 heavy (non-hydrogen) atoms. The number of nitrogens with zero attached hydrogens (tertiary/aromatic N) is 1. The van der Waals surface area contributed by atoms with Crippen molar-refractivity contribution in [3.05, 3.63) is 45.7 Å². The highest BCUT2D eigenvalue weighted by molar-refractivity contribution is 5.98. The van der Waals surface area contributed by atoms with Crippen LogP contribution in [0.3, 0.4) is 0 Å². The van der Waals surface area contributed by atoms with E-state index >= 15 is 0 Å². The van der Waals surface area contributed by atoms with Crippen molar-refractivity contribution in [1.82, 2.24) is 4.98 Å². The molecule has 0 saturated carbocycles. The van der Waals surface area contributed by atoms with Gasteiger partial charge >= 0.3 is 11.9 Å². The number of ether oxygens (including phenoxy) is 1. The van der Waals surface area contributed by atoms with Crippen LogP contribution in [0.1, 0.15) is 28.9 Å². The third kappa shape index (κ3) is 2.67. The van der Waals surface area contributed by atoms with Crippen molar-refractivity contribution < 1.29 is 29.0 Å². The lowest BCUT2D eigenvalue weighted by Gasteiger charge is -2.12. The van der Waals surface area contributed by atoms with Crippen molar-refractivity contribution >= 4 is 34.0 Å². The summed E-state index contributed by atoms with van der Waals surface area (Å²) in [6.45, 7) is 1.36. The number of hydrogen-bond donors (Lipinski definition) is 2. The fraction of sp³-hybridized carbons (Fsp3) is 0.176. The number of aromatic hydroxyl groups is 1. The molecule has 0 fully saturated rings. The quantitative estimate of drug-likeness (QED) is 0.546. The summed E-state index contributed by atoms with van der Waals surface area (Å²) in [5.41, 5.74) is -0.606. The van der Waals surface area contributed by atoms with E-state index in [1.807, 2.05) is 0 Å². The van der Waals surface area contributed by atoms with Gasteiger partial charge in [-0.25, -0.2) is 9.78 Å². The fourth-order valence-electron chi connectivity index (χ4n) is 2.50. The number of carbonyl (C=O) groups excluding carboxylic acids is 1. The molecule has 0 aliphatic rings. The number of aliphatic carboxylic acids is 1. The Kier molecular flexibility index (Phi) is 3.88.